The van der Waals surface area contributed by atoms with E-state index in [2.05, 4.69) is 5.32 Å². The minimum Gasteiger partial charge on any atom is -0.351 e. The lowest BCUT2D eigenvalue weighted by molar-refractivity contribution is -0.121. The molecule has 6 nitrogen and oxygen atoms in total. The van der Waals surface area contributed by atoms with E-state index < -0.39 is 10.0 Å². The molecule has 2 rings (SSSR count). The number of nitrogens with one attached hydrogen (secondary N) is 1. The van der Waals surface area contributed by atoms with Crippen molar-refractivity contribution < 1.29 is 18.0 Å². The average Bonchev–Trinajstić information content (AvgIpc) is 3.08. The van der Waals surface area contributed by atoms with Crippen molar-refractivity contribution in [2.45, 2.75) is 30.5 Å². The van der Waals surface area contributed by atoms with Crippen molar-refractivity contribution in [2.24, 2.45) is 0 Å². The van der Waals surface area contributed by atoms with E-state index in [1.165, 1.54) is 20.2 Å². The van der Waals surface area contributed by atoms with Gasteiger partial charge in [0.1, 0.15) is 4.21 Å². The molecule has 1 N–H and O–H groups in total. The number of amides is 1. The summed E-state index contributed by atoms with van der Waals surface area (Å²) in [5.74, 6) is -0.313. The van der Waals surface area contributed by atoms with E-state index in [9.17, 15) is 18.0 Å². The third-order valence-electron chi connectivity index (χ3n) is 3.78. The molecule has 1 aromatic heterocycles. The van der Waals surface area contributed by atoms with Crippen molar-refractivity contribution in [3.8, 4) is 0 Å². The minimum atomic E-state index is -3.46. The van der Waals surface area contributed by atoms with Crippen molar-refractivity contribution in [1.82, 2.24) is 9.62 Å². The van der Waals surface area contributed by atoms with Gasteiger partial charge in [-0.2, -0.15) is 0 Å². The molecule has 0 saturated heterocycles. The maximum atomic E-state index is 12.1. The largest absolute Gasteiger partial charge is 0.351 e. The van der Waals surface area contributed by atoms with Gasteiger partial charge in [0.05, 0.1) is 6.54 Å². The molecular weight excluding hydrogens is 372 g/mol. The van der Waals surface area contributed by atoms with Gasteiger partial charge in [0, 0.05) is 37.4 Å². The van der Waals surface area contributed by atoms with Gasteiger partial charge in [-0.15, -0.1) is 11.3 Å². The first-order valence-corrected chi connectivity index (χ1v) is 10.3. The quantitative estimate of drug-likeness (QED) is 0.698. The molecule has 0 atom stereocenters. The molecular formula is C18H22N2O4S2. The number of thiophene rings is 1. The Balaban J connectivity index is 1.83. The maximum Gasteiger partial charge on any atom is 0.252 e. The summed E-state index contributed by atoms with van der Waals surface area (Å²) in [5, 5.41) is 2.72. The van der Waals surface area contributed by atoms with Gasteiger partial charge in [0.15, 0.2) is 5.78 Å². The molecule has 0 aliphatic rings. The first-order valence-electron chi connectivity index (χ1n) is 8.08. The van der Waals surface area contributed by atoms with E-state index in [4.69, 9.17) is 0 Å². The van der Waals surface area contributed by atoms with Crippen molar-refractivity contribution in [3.05, 3.63) is 52.4 Å². The first kappa shape index (κ1) is 20.3. The fraction of sp³-hybridized carbons (Fsp3) is 0.333. The van der Waals surface area contributed by atoms with Gasteiger partial charge in [-0.05, 0) is 19.1 Å². The second kappa shape index (κ2) is 8.57. The molecule has 1 heterocycles. The number of carbonyl (C=O) groups is 2. The van der Waals surface area contributed by atoms with Gasteiger partial charge in [-0.3, -0.25) is 9.59 Å². The van der Waals surface area contributed by atoms with Crippen LogP contribution in [0.1, 0.15) is 33.6 Å². The highest BCUT2D eigenvalue weighted by molar-refractivity contribution is 7.91. The molecule has 0 unspecified atom stereocenters. The van der Waals surface area contributed by atoms with Crippen LogP contribution in [-0.4, -0.2) is 38.5 Å². The molecule has 140 valence electrons. The number of benzene rings is 1. The Morgan fingerprint density at radius 3 is 2.31 bits per heavy atom. The summed E-state index contributed by atoms with van der Waals surface area (Å²) in [6.45, 7) is 2.19. The van der Waals surface area contributed by atoms with Crippen molar-refractivity contribution >= 4 is 33.1 Å². The zero-order valence-corrected chi connectivity index (χ0v) is 16.6. The van der Waals surface area contributed by atoms with E-state index >= 15 is 0 Å². The highest BCUT2D eigenvalue weighted by atomic mass is 32.2. The van der Waals surface area contributed by atoms with Crippen LogP contribution in [0.4, 0.5) is 0 Å². The number of rotatable bonds is 8. The lowest BCUT2D eigenvalue weighted by Gasteiger charge is -2.08. The van der Waals surface area contributed by atoms with Crippen LogP contribution in [0.15, 0.2) is 40.6 Å². The third-order valence-corrected chi connectivity index (χ3v) is 7.15. The fourth-order valence-corrected chi connectivity index (χ4v) is 4.62. The molecule has 0 radical (unpaired) electrons. The number of carbonyl (C=O) groups excluding carboxylic acids is 2. The molecule has 1 amide bonds. The molecule has 0 aliphatic carbocycles. The molecule has 0 spiro atoms. The number of aryl methyl sites for hydroxylation is 1. The van der Waals surface area contributed by atoms with Crippen LogP contribution in [0.5, 0.6) is 0 Å². The summed E-state index contributed by atoms with van der Waals surface area (Å²) in [6.07, 6.45) is 0.237. The zero-order valence-electron chi connectivity index (χ0n) is 15.0. The number of hydrogen-bond acceptors (Lipinski definition) is 5. The summed E-state index contributed by atoms with van der Waals surface area (Å²) in [5.41, 5.74) is 1.67. The summed E-state index contributed by atoms with van der Waals surface area (Å²) >= 11 is 1.12. The zero-order chi connectivity index (χ0) is 19.3. The van der Waals surface area contributed by atoms with Crippen LogP contribution in [0.2, 0.25) is 0 Å². The lowest BCUT2D eigenvalue weighted by atomic mass is 10.1. The Hall–Kier alpha value is -2.03. The minimum absolute atomic E-state index is 0.0735. The standard InChI is InChI=1S/C18H22N2O4S2/c1-13-4-6-14(7-5-13)16(21)9-10-17(22)19-12-15-8-11-18(25-15)26(23,24)20(2)3/h4-8,11H,9-10,12H2,1-3H3,(H,19,22). The van der Waals surface area contributed by atoms with Gasteiger partial charge in [-0.1, -0.05) is 29.8 Å². The molecule has 2 aromatic rings. The van der Waals surface area contributed by atoms with Crippen molar-refractivity contribution in [1.29, 1.82) is 0 Å². The Morgan fingerprint density at radius 2 is 1.69 bits per heavy atom. The van der Waals surface area contributed by atoms with Crippen molar-refractivity contribution in [2.75, 3.05) is 14.1 Å². The van der Waals surface area contributed by atoms with E-state index in [0.717, 1.165) is 26.1 Å². The van der Waals surface area contributed by atoms with Crippen LogP contribution in [0, 0.1) is 6.92 Å². The number of nitrogens with zero attached hydrogens (tertiary/aromatic N) is 1. The van der Waals surface area contributed by atoms with E-state index in [-0.39, 0.29) is 35.3 Å². The number of sulfonamides is 1. The highest BCUT2D eigenvalue weighted by Gasteiger charge is 2.19. The number of hydrogen-bond donors (Lipinski definition) is 1. The topological polar surface area (TPSA) is 83.5 Å². The van der Waals surface area contributed by atoms with Crippen molar-refractivity contribution in [3.63, 3.8) is 0 Å². The molecule has 0 aliphatic heterocycles. The van der Waals surface area contributed by atoms with E-state index in [1.807, 2.05) is 19.1 Å². The Morgan fingerprint density at radius 1 is 1.04 bits per heavy atom. The predicted molar refractivity (Wildman–Crippen MR) is 102 cm³/mol. The second-order valence-electron chi connectivity index (χ2n) is 6.07. The van der Waals surface area contributed by atoms with Gasteiger partial charge < -0.3 is 5.32 Å². The fourth-order valence-electron chi connectivity index (χ4n) is 2.16. The molecule has 0 fully saturated rings. The molecule has 0 bridgehead atoms. The van der Waals surface area contributed by atoms with Gasteiger partial charge in [0.25, 0.3) is 10.0 Å². The predicted octanol–water partition coefficient (Wildman–Crippen LogP) is 2.59. The molecule has 26 heavy (non-hydrogen) atoms. The Bertz CT molecular complexity index is 884. The third kappa shape index (κ3) is 5.23. The smallest absolute Gasteiger partial charge is 0.252 e. The van der Waals surface area contributed by atoms with E-state index in [0.29, 0.717) is 5.56 Å². The summed E-state index contributed by atoms with van der Waals surface area (Å²) in [4.78, 5) is 24.7. The molecule has 8 heteroatoms. The van der Waals surface area contributed by atoms with Crippen LogP contribution in [0.3, 0.4) is 0 Å². The first-order chi connectivity index (χ1) is 12.2. The Labute approximate surface area is 157 Å². The van der Waals surface area contributed by atoms with Gasteiger partial charge >= 0.3 is 0 Å². The normalized spacial score (nSPS) is 11.5. The monoisotopic (exact) mass is 394 g/mol. The van der Waals surface area contributed by atoms with Crippen LogP contribution >= 0.6 is 11.3 Å². The summed E-state index contributed by atoms with van der Waals surface area (Å²) in [7, 11) is -0.508. The van der Waals surface area contributed by atoms with Crippen LogP contribution < -0.4 is 5.32 Å². The van der Waals surface area contributed by atoms with Crippen LogP contribution in [-0.2, 0) is 21.4 Å². The highest BCUT2D eigenvalue weighted by Crippen LogP contribution is 2.23. The number of Topliss-reactive ketones (excluding diaryl/α,β-unsaturated/α-hetero) is 1. The summed E-state index contributed by atoms with van der Waals surface area (Å²) < 4.78 is 25.4. The second-order valence-corrected chi connectivity index (χ2v) is 9.62. The van der Waals surface area contributed by atoms with Gasteiger partial charge in [0.2, 0.25) is 5.91 Å². The number of ketones is 1. The molecule has 1 aromatic carbocycles. The van der Waals surface area contributed by atoms with Crippen LogP contribution in [0.25, 0.3) is 0 Å². The SMILES string of the molecule is Cc1ccc(C(=O)CCC(=O)NCc2ccc(S(=O)(=O)N(C)C)s2)cc1. The Kier molecular flexibility index (Phi) is 6.69. The average molecular weight is 395 g/mol. The van der Waals surface area contributed by atoms with E-state index in [1.54, 1.807) is 18.2 Å². The molecule has 0 saturated carbocycles. The summed E-state index contributed by atoms with van der Waals surface area (Å²) in [6, 6.07) is 10.5. The van der Waals surface area contributed by atoms with Gasteiger partial charge in [-0.25, -0.2) is 12.7 Å². The lowest BCUT2D eigenvalue weighted by Crippen LogP contribution is -2.23. The maximum absolute atomic E-state index is 12.1.